The highest BCUT2D eigenvalue weighted by Crippen LogP contribution is 2.41. The molecule has 0 aliphatic rings. The minimum atomic E-state index is -0.710. The van der Waals surface area contributed by atoms with Gasteiger partial charge >= 0.3 is 29.8 Å². The zero-order valence-electron chi connectivity index (χ0n) is 71.3. The quantitative estimate of drug-likeness (QED) is 0.0202. The summed E-state index contributed by atoms with van der Waals surface area (Å²) in [6.45, 7) is 24.4. The van der Waals surface area contributed by atoms with Crippen LogP contribution in [0, 0.1) is 5.92 Å². The van der Waals surface area contributed by atoms with Crippen LogP contribution in [0.1, 0.15) is 77.9 Å². The fourth-order valence-corrected chi connectivity index (χ4v) is 13.7. The number of aliphatic hydroxyl groups is 3. The number of aliphatic hydroxyl groups excluding tert-OH is 3. The first kappa shape index (κ1) is 85.4. The molecule has 0 atom stereocenters. The molecule has 0 aliphatic heterocycles. The molecule has 0 spiro atoms. The first-order valence-electron chi connectivity index (χ1n) is 41.2. The van der Waals surface area contributed by atoms with E-state index in [2.05, 4.69) is 256 Å². The van der Waals surface area contributed by atoms with Gasteiger partial charge in [-0.1, -0.05) is 259 Å². The van der Waals surface area contributed by atoms with E-state index in [0.717, 1.165) is 167 Å². The van der Waals surface area contributed by atoms with Crippen LogP contribution in [-0.4, -0.2) is 45.2 Å². The van der Waals surface area contributed by atoms with Crippen molar-refractivity contribution in [2.45, 2.75) is 81.2 Å². The van der Waals surface area contributed by atoms with E-state index in [0.29, 0.717) is 11.1 Å². The molecule has 14 aromatic rings. The van der Waals surface area contributed by atoms with Crippen LogP contribution < -0.4 is 0 Å². The Morgan fingerprint density at radius 1 is 0.246 bits per heavy atom. The third kappa shape index (κ3) is 23.3. The molecule has 0 aliphatic carbocycles. The second kappa shape index (κ2) is 41.2. The molecule has 0 fully saturated rings. The van der Waals surface area contributed by atoms with E-state index in [1.54, 1.807) is 13.8 Å². The van der Waals surface area contributed by atoms with Crippen molar-refractivity contribution in [3.05, 3.63) is 410 Å². The number of esters is 5. The maximum Gasteiger partial charge on any atom is 0.340 e. The van der Waals surface area contributed by atoms with Crippen molar-refractivity contribution in [1.29, 1.82) is 0 Å². The first-order chi connectivity index (χ1) is 59.9. The van der Waals surface area contributed by atoms with Gasteiger partial charge in [-0.2, -0.15) is 0 Å². The Hall–Kier alpha value is -14.5. The average molecular weight is 1620 g/mol. The van der Waals surface area contributed by atoms with Gasteiger partial charge in [0.05, 0.1) is 25.7 Å². The van der Waals surface area contributed by atoms with Gasteiger partial charge in [0.15, 0.2) is 0 Å². The second-order valence-electron chi connectivity index (χ2n) is 30.5. The molecule has 14 aromatic carbocycles. The fourth-order valence-electron chi connectivity index (χ4n) is 13.7. The van der Waals surface area contributed by atoms with Crippen LogP contribution in [0.3, 0.4) is 0 Å². The highest BCUT2D eigenvalue weighted by Gasteiger charge is 2.18. The van der Waals surface area contributed by atoms with Gasteiger partial charge in [-0.15, -0.1) is 0 Å². The lowest BCUT2D eigenvalue weighted by molar-refractivity contribution is -0.154. The van der Waals surface area contributed by atoms with Gasteiger partial charge in [0.1, 0.15) is 19.8 Å². The molecule has 0 unspecified atom stereocenters. The Bertz CT molecular complexity index is 5850. The molecular formula is C110H98O12. The van der Waals surface area contributed by atoms with Crippen molar-refractivity contribution in [1.82, 2.24) is 0 Å². The summed E-state index contributed by atoms with van der Waals surface area (Å²) in [5.74, 6) is -2.66. The van der Waals surface area contributed by atoms with E-state index in [9.17, 15) is 39.3 Å². The van der Waals surface area contributed by atoms with Crippen LogP contribution in [0.25, 0.3) is 134 Å². The summed E-state index contributed by atoms with van der Waals surface area (Å²) in [4.78, 5) is 57.8. The molecule has 0 aromatic heterocycles. The van der Waals surface area contributed by atoms with E-state index in [1.165, 1.54) is 13.8 Å². The van der Waals surface area contributed by atoms with Crippen molar-refractivity contribution in [2.75, 3.05) is 0 Å². The fraction of sp³-hybridized carbons (Fsp3) is 0.118. The summed E-state index contributed by atoms with van der Waals surface area (Å²) in [5, 5.41) is 29.2. The number of benzene rings is 14. The maximum absolute atomic E-state index is 12.2. The van der Waals surface area contributed by atoms with Gasteiger partial charge < -0.3 is 34.3 Å². The van der Waals surface area contributed by atoms with E-state index in [-0.39, 0.29) is 62.7 Å². The van der Waals surface area contributed by atoms with Gasteiger partial charge in [0.2, 0.25) is 0 Å². The second-order valence-corrected chi connectivity index (χ2v) is 30.5. The Morgan fingerprint density at radius 3 is 0.590 bits per heavy atom. The molecule has 0 radical (unpaired) electrons. The van der Waals surface area contributed by atoms with E-state index in [1.807, 2.05) is 117 Å². The largest absolute Gasteiger partial charge is 0.461 e. The Labute approximate surface area is 717 Å². The summed E-state index contributed by atoms with van der Waals surface area (Å²) in [6, 6.07) is 113. The summed E-state index contributed by atoms with van der Waals surface area (Å²) in [5.41, 5.74) is 32.0. The third-order valence-corrected chi connectivity index (χ3v) is 20.3. The van der Waals surface area contributed by atoms with Crippen molar-refractivity contribution in [3.63, 3.8) is 0 Å². The molecule has 0 bridgehead atoms. The molecule has 0 saturated carbocycles. The smallest absolute Gasteiger partial charge is 0.340 e. The lowest BCUT2D eigenvalue weighted by Crippen LogP contribution is -2.12. The molecule has 0 heterocycles. The topological polar surface area (TPSA) is 183 Å². The molecule has 3 N–H and O–H groups in total. The predicted molar refractivity (Wildman–Crippen MR) is 493 cm³/mol. The van der Waals surface area contributed by atoms with Gasteiger partial charge in [-0.25, -0.2) is 19.2 Å². The summed E-state index contributed by atoms with van der Waals surface area (Å²) in [6.07, 6.45) is 0. The minimum Gasteiger partial charge on any atom is -0.461 e. The number of rotatable bonds is 26. The molecule has 122 heavy (non-hydrogen) atoms. The average Bonchev–Trinajstić information content (AvgIpc) is 0.779. The van der Waals surface area contributed by atoms with Crippen LogP contribution in [0.5, 0.6) is 0 Å². The number of hydrogen-bond acceptors (Lipinski definition) is 12. The monoisotopic (exact) mass is 1610 g/mol. The lowest BCUT2D eigenvalue weighted by atomic mass is 9.90. The molecule has 610 valence electrons. The highest BCUT2D eigenvalue weighted by molar-refractivity contribution is 6.01. The summed E-state index contributed by atoms with van der Waals surface area (Å²) < 4.78 is 30.7. The van der Waals surface area contributed by atoms with Crippen molar-refractivity contribution < 1.29 is 61.2 Å². The van der Waals surface area contributed by atoms with Gasteiger partial charge in [0, 0.05) is 25.3 Å². The van der Waals surface area contributed by atoms with E-state index in [4.69, 9.17) is 17.2 Å². The molecular weight excluding hydrogens is 1510 g/mol. The number of carbonyl (C=O) groups excluding carboxylic acids is 5. The van der Waals surface area contributed by atoms with Crippen molar-refractivity contribution >= 4 is 29.8 Å². The van der Waals surface area contributed by atoms with E-state index < -0.39 is 23.9 Å². The lowest BCUT2D eigenvalue weighted by Gasteiger charge is -2.14. The zero-order chi connectivity index (χ0) is 88.3. The Morgan fingerprint density at radius 2 is 0.402 bits per heavy atom. The summed E-state index contributed by atoms with van der Waals surface area (Å²) >= 11 is 0. The van der Waals surface area contributed by atoms with Gasteiger partial charge in [-0.05, 0) is 304 Å². The molecule has 0 saturated heterocycles. The maximum atomic E-state index is 12.2. The SMILES string of the molecule is C=C(C)C(=O)OC(=O)C(=C)C.C=C(C)C(=O)OCc1cccc(-c2cccc(-c3cc(-c4cccc(-c5cccc(COC(=O)C(=C)C)c5)c4)cc(-c4cccc(-c5cccc(COC(=O)C(C)C)c5)c4)c3)c2)c1.OCc1cccc(-c2cccc(-c3cc(-c4cccc(-c5cccc(CO)c5)c4)cc(-c4cccc(-c5cccc(CO)c5)c4)c3)c2)c1.[3H][3H]. The van der Waals surface area contributed by atoms with Gasteiger partial charge in [0.25, 0.3) is 0 Å². The number of carbonyl (C=O) groups is 5. The number of hydrogen-bond donors (Lipinski definition) is 3. The normalized spacial score (nSPS) is 10.8. The predicted octanol–water partition coefficient (Wildman–Crippen LogP) is 25.2. The van der Waals surface area contributed by atoms with Crippen LogP contribution >= 0.6 is 0 Å². The molecule has 12 heteroatoms. The van der Waals surface area contributed by atoms with Crippen molar-refractivity contribution in [2.24, 2.45) is 5.92 Å². The Kier molecular flexibility index (Phi) is 28.9. The summed E-state index contributed by atoms with van der Waals surface area (Å²) in [7, 11) is 0. The Balaban J connectivity index is 0.000000216. The molecule has 14 rings (SSSR count). The zero-order valence-corrected chi connectivity index (χ0v) is 69.3. The van der Waals surface area contributed by atoms with Crippen LogP contribution in [0.2, 0.25) is 0 Å². The molecule has 12 nitrogen and oxygen atoms in total. The van der Waals surface area contributed by atoms with E-state index >= 15 is 0 Å². The van der Waals surface area contributed by atoms with Gasteiger partial charge in [-0.3, -0.25) is 4.79 Å². The number of ether oxygens (including phenoxy) is 4. The van der Waals surface area contributed by atoms with Crippen molar-refractivity contribution in [3.8, 4) is 134 Å². The highest BCUT2D eigenvalue weighted by atomic mass is 16.6. The standard InChI is InChI=1S/C57H50O6.C45H36O3.C8H10O3.H2/c1-37(2)55(58)61-34-40-13-7-16-43(25-40)46-19-10-22-49(28-46)52-31-53(50-23-11-20-47(29-50)44-17-8-14-41(26-44)35-62-56(59)38(3)4)33-54(32-52)51-24-12-21-48(30-51)45-18-9-15-42(27-45)36-63-57(60)39(5)6;46-28-31-7-1-10-34(19-31)37-13-4-16-40(22-37)43-25-44(41-17-5-14-38(23-41)35-11-2-8-32(20-35)29-47)27-45(26-43)42-18-6-15-39(24-42)36-12-3-9-33(21-36)30-48;1-5(2)7(9)11-8(10)6(3)4;/h7-33,39H,1,3,34-36H2,2,4-6H3;1-27,46-48H,28-30H2;1,3H2,2,4H3;1H/i;;;1+2T. The first-order valence-corrected chi connectivity index (χ1v) is 40.2. The minimum absolute atomic E-state index is 0.00561. The van der Waals surface area contributed by atoms with Crippen LogP contribution in [0.4, 0.5) is 0 Å². The van der Waals surface area contributed by atoms with Crippen LogP contribution in [0.15, 0.2) is 376 Å². The van der Waals surface area contributed by atoms with Crippen LogP contribution in [-0.2, 0) is 82.6 Å². The third-order valence-electron chi connectivity index (χ3n) is 20.3. The molecule has 0 amide bonds.